The zero-order chi connectivity index (χ0) is 11.9. The van der Waals surface area contributed by atoms with Gasteiger partial charge in [-0.25, -0.2) is 9.78 Å². The number of nitrogens with zero attached hydrogens (tertiary/aromatic N) is 1. The molecule has 0 aliphatic rings. The summed E-state index contributed by atoms with van der Waals surface area (Å²) in [6, 6.07) is 8.95. The number of thiazole rings is 1. The van der Waals surface area contributed by atoms with Gasteiger partial charge in [0.1, 0.15) is 6.61 Å². The van der Waals surface area contributed by atoms with E-state index in [4.69, 9.17) is 4.74 Å². The molecule has 0 saturated carbocycles. The van der Waals surface area contributed by atoms with Gasteiger partial charge in [0.05, 0.1) is 12.1 Å². The first-order valence-electron chi connectivity index (χ1n) is 5.22. The molecule has 1 aromatic carbocycles. The number of hydrogen-bond acceptors (Lipinski definition) is 5. The summed E-state index contributed by atoms with van der Waals surface area (Å²) < 4.78 is 5.10. The lowest BCUT2D eigenvalue weighted by atomic mass is 10.2. The number of carbonyl (C=O) groups is 1. The highest BCUT2D eigenvalue weighted by Crippen LogP contribution is 2.09. The first-order valence-corrected chi connectivity index (χ1v) is 6.10. The molecule has 5 heteroatoms. The molecule has 2 aromatic rings. The highest BCUT2D eigenvalue weighted by atomic mass is 32.1. The molecule has 88 valence electrons. The number of hydrogen-bond donors (Lipinski definition) is 1. The van der Waals surface area contributed by atoms with Crippen LogP contribution in [0.15, 0.2) is 41.9 Å². The summed E-state index contributed by atoms with van der Waals surface area (Å²) in [6.45, 7) is 0.888. The molecule has 0 unspecified atom stereocenters. The molecule has 1 heterocycles. The third-order valence-corrected chi connectivity index (χ3v) is 2.78. The zero-order valence-corrected chi connectivity index (χ0v) is 9.94. The minimum Gasteiger partial charge on any atom is -0.460 e. The molecular weight excluding hydrogens is 236 g/mol. The van der Waals surface area contributed by atoms with Crippen molar-refractivity contribution in [1.29, 1.82) is 0 Å². The molecule has 2 rings (SSSR count). The second-order valence-corrected chi connectivity index (χ2v) is 4.16. The van der Waals surface area contributed by atoms with Crippen LogP contribution in [0.5, 0.6) is 0 Å². The van der Waals surface area contributed by atoms with E-state index in [-0.39, 0.29) is 5.97 Å². The van der Waals surface area contributed by atoms with Crippen LogP contribution in [-0.2, 0) is 4.74 Å². The van der Waals surface area contributed by atoms with E-state index in [1.165, 1.54) is 11.3 Å². The summed E-state index contributed by atoms with van der Waals surface area (Å²) >= 11 is 1.52. The van der Waals surface area contributed by atoms with Crippen molar-refractivity contribution in [2.75, 3.05) is 18.5 Å². The Kier molecular flexibility index (Phi) is 4.10. The van der Waals surface area contributed by atoms with Gasteiger partial charge in [-0.3, -0.25) is 0 Å². The SMILES string of the molecule is O=C(OCCNc1nccs1)c1ccccc1. The lowest BCUT2D eigenvalue weighted by Crippen LogP contribution is -2.13. The maximum atomic E-state index is 11.5. The lowest BCUT2D eigenvalue weighted by Gasteiger charge is -2.05. The van der Waals surface area contributed by atoms with Crippen molar-refractivity contribution in [3.8, 4) is 0 Å². The molecule has 0 fully saturated rings. The van der Waals surface area contributed by atoms with Gasteiger partial charge in [-0.1, -0.05) is 18.2 Å². The van der Waals surface area contributed by atoms with Crippen molar-refractivity contribution in [1.82, 2.24) is 4.98 Å². The van der Waals surface area contributed by atoms with Gasteiger partial charge in [0, 0.05) is 11.6 Å². The fraction of sp³-hybridized carbons (Fsp3) is 0.167. The Balaban J connectivity index is 1.70. The van der Waals surface area contributed by atoms with Gasteiger partial charge in [-0.15, -0.1) is 11.3 Å². The maximum Gasteiger partial charge on any atom is 0.338 e. The van der Waals surface area contributed by atoms with E-state index in [2.05, 4.69) is 10.3 Å². The Hall–Kier alpha value is -1.88. The fourth-order valence-electron chi connectivity index (χ4n) is 1.27. The van der Waals surface area contributed by atoms with Gasteiger partial charge >= 0.3 is 5.97 Å². The van der Waals surface area contributed by atoms with Crippen molar-refractivity contribution in [3.63, 3.8) is 0 Å². The van der Waals surface area contributed by atoms with E-state index in [0.29, 0.717) is 18.7 Å². The number of ether oxygens (including phenoxy) is 1. The van der Waals surface area contributed by atoms with Crippen LogP contribution in [0.2, 0.25) is 0 Å². The van der Waals surface area contributed by atoms with Gasteiger partial charge in [0.25, 0.3) is 0 Å². The first-order chi connectivity index (χ1) is 8.36. The standard InChI is InChI=1S/C12H12N2O2S/c15-11(10-4-2-1-3-5-10)16-8-6-13-12-14-7-9-17-12/h1-5,7,9H,6,8H2,(H,13,14). The van der Waals surface area contributed by atoms with Gasteiger partial charge in [0.15, 0.2) is 5.13 Å². The number of esters is 1. The van der Waals surface area contributed by atoms with E-state index < -0.39 is 0 Å². The molecule has 0 amide bonds. The fourth-order valence-corrected chi connectivity index (χ4v) is 1.83. The Morgan fingerprint density at radius 2 is 2.18 bits per heavy atom. The number of carbonyl (C=O) groups excluding carboxylic acids is 1. The van der Waals surface area contributed by atoms with Crippen LogP contribution in [0.3, 0.4) is 0 Å². The van der Waals surface area contributed by atoms with Crippen LogP contribution in [0, 0.1) is 0 Å². The molecule has 1 N–H and O–H groups in total. The molecule has 1 aromatic heterocycles. The monoisotopic (exact) mass is 248 g/mol. The van der Waals surface area contributed by atoms with Crippen LogP contribution < -0.4 is 5.32 Å². The minimum absolute atomic E-state index is 0.300. The Bertz CT molecular complexity index is 457. The van der Waals surface area contributed by atoms with E-state index in [9.17, 15) is 4.79 Å². The summed E-state index contributed by atoms with van der Waals surface area (Å²) in [5.74, 6) is -0.300. The van der Waals surface area contributed by atoms with E-state index in [1.54, 1.807) is 18.3 Å². The molecular formula is C12H12N2O2S. The predicted octanol–water partition coefficient (Wildman–Crippen LogP) is 2.41. The van der Waals surface area contributed by atoms with Gasteiger partial charge in [-0.2, -0.15) is 0 Å². The number of benzene rings is 1. The van der Waals surface area contributed by atoms with Crippen LogP contribution in [-0.4, -0.2) is 24.1 Å². The average Bonchev–Trinajstić information content (AvgIpc) is 2.88. The molecule has 0 saturated heterocycles. The normalized spacial score (nSPS) is 9.88. The molecule has 0 bridgehead atoms. The zero-order valence-electron chi connectivity index (χ0n) is 9.13. The van der Waals surface area contributed by atoms with Crippen LogP contribution >= 0.6 is 11.3 Å². The molecule has 0 spiro atoms. The Morgan fingerprint density at radius 1 is 1.35 bits per heavy atom. The van der Waals surface area contributed by atoms with E-state index >= 15 is 0 Å². The van der Waals surface area contributed by atoms with Gasteiger partial charge in [-0.05, 0) is 12.1 Å². The second-order valence-electron chi connectivity index (χ2n) is 3.27. The molecule has 0 aliphatic carbocycles. The highest BCUT2D eigenvalue weighted by Gasteiger charge is 2.04. The highest BCUT2D eigenvalue weighted by molar-refractivity contribution is 7.13. The van der Waals surface area contributed by atoms with E-state index in [1.807, 2.05) is 23.6 Å². The van der Waals surface area contributed by atoms with Crippen molar-refractivity contribution < 1.29 is 9.53 Å². The maximum absolute atomic E-state index is 11.5. The smallest absolute Gasteiger partial charge is 0.338 e. The van der Waals surface area contributed by atoms with Crippen molar-refractivity contribution >= 4 is 22.4 Å². The topological polar surface area (TPSA) is 51.2 Å². The number of aromatic nitrogens is 1. The molecule has 0 radical (unpaired) electrons. The number of rotatable bonds is 5. The summed E-state index contributed by atoms with van der Waals surface area (Å²) in [5, 5.41) is 5.78. The first kappa shape index (κ1) is 11.6. The van der Waals surface area contributed by atoms with Crippen LogP contribution in [0.25, 0.3) is 0 Å². The van der Waals surface area contributed by atoms with Crippen LogP contribution in [0.1, 0.15) is 10.4 Å². The lowest BCUT2D eigenvalue weighted by molar-refractivity contribution is 0.0520. The molecule has 0 atom stereocenters. The minimum atomic E-state index is -0.300. The van der Waals surface area contributed by atoms with Crippen molar-refractivity contribution in [2.45, 2.75) is 0 Å². The summed E-state index contributed by atoms with van der Waals surface area (Å²) in [5.41, 5.74) is 0.571. The Labute approximate surface area is 103 Å². The number of nitrogens with one attached hydrogen (secondary N) is 1. The van der Waals surface area contributed by atoms with Crippen LogP contribution in [0.4, 0.5) is 5.13 Å². The van der Waals surface area contributed by atoms with Gasteiger partial charge in [0.2, 0.25) is 0 Å². The summed E-state index contributed by atoms with van der Waals surface area (Å²) in [7, 11) is 0. The molecule has 4 nitrogen and oxygen atoms in total. The summed E-state index contributed by atoms with van der Waals surface area (Å²) in [6.07, 6.45) is 1.73. The Morgan fingerprint density at radius 3 is 2.88 bits per heavy atom. The van der Waals surface area contributed by atoms with Gasteiger partial charge < -0.3 is 10.1 Å². The average molecular weight is 248 g/mol. The van der Waals surface area contributed by atoms with Crippen molar-refractivity contribution in [2.24, 2.45) is 0 Å². The largest absolute Gasteiger partial charge is 0.460 e. The van der Waals surface area contributed by atoms with Crippen molar-refractivity contribution in [3.05, 3.63) is 47.5 Å². The third kappa shape index (κ3) is 3.57. The quantitative estimate of drug-likeness (QED) is 0.652. The third-order valence-electron chi connectivity index (χ3n) is 2.05. The predicted molar refractivity (Wildman–Crippen MR) is 67.3 cm³/mol. The molecule has 17 heavy (non-hydrogen) atoms. The van der Waals surface area contributed by atoms with E-state index in [0.717, 1.165) is 5.13 Å². The number of anilines is 1. The second kappa shape index (κ2) is 6.00. The summed E-state index contributed by atoms with van der Waals surface area (Å²) in [4.78, 5) is 15.6. The molecule has 0 aliphatic heterocycles.